The average molecular weight is 169 g/mol. The van der Waals surface area contributed by atoms with Gasteiger partial charge >= 0.3 is 32.1 Å². The Morgan fingerprint density at radius 1 is 1.00 bits per heavy atom. The summed E-state index contributed by atoms with van der Waals surface area (Å²) in [5.41, 5.74) is 0. The van der Waals surface area contributed by atoms with Crippen molar-refractivity contribution in [1.82, 2.24) is 0 Å². The predicted octanol–water partition coefficient (Wildman–Crippen LogP) is 1.26. The van der Waals surface area contributed by atoms with E-state index in [2.05, 4.69) is 0 Å². The van der Waals surface area contributed by atoms with Gasteiger partial charge in [-0.1, -0.05) is 0 Å². The van der Waals surface area contributed by atoms with Gasteiger partial charge in [-0.3, -0.25) is 0 Å². The van der Waals surface area contributed by atoms with Crippen molar-refractivity contribution in [2.75, 3.05) is 0 Å². The number of hydrogen-bond acceptors (Lipinski definition) is 0. The van der Waals surface area contributed by atoms with E-state index in [9.17, 15) is 7.53 Å². The topological polar surface area (TPSA) is 0 Å². The van der Waals surface area contributed by atoms with Crippen LogP contribution < -0.4 is 0 Å². The van der Waals surface area contributed by atoms with Gasteiger partial charge in [-0.2, -0.15) is 0 Å². The van der Waals surface area contributed by atoms with E-state index in [0.717, 1.165) is 0 Å². The van der Waals surface area contributed by atoms with Gasteiger partial charge in [-0.25, -0.2) is 0 Å². The second-order valence-corrected chi connectivity index (χ2v) is 2.03. The Bertz CT molecular complexity index is 8.00. The maximum absolute atomic E-state index is 9.89. The fourth-order valence-electron chi connectivity index (χ4n) is 0. The van der Waals surface area contributed by atoms with Crippen LogP contribution in [-0.4, -0.2) is 0 Å². The Morgan fingerprint density at radius 2 is 1.00 bits per heavy atom. The summed E-state index contributed by atoms with van der Waals surface area (Å²) in [4.78, 5) is 0. The van der Waals surface area contributed by atoms with Gasteiger partial charge in [-0.05, 0) is 0 Å². The van der Waals surface area contributed by atoms with Crippen LogP contribution in [0.5, 0.6) is 0 Å². The molecule has 0 rings (SSSR count). The molecule has 0 saturated heterocycles. The minimum absolute atomic E-state index is 5.23. The maximum atomic E-state index is 9.89. The van der Waals surface area contributed by atoms with Crippen LogP contribution >= 0.6 is 0 Å². The molecule has 0 heterocycles. The summed E-state index contributed by atoms with van der Waals surface area (Å²) in [6.45, 7) is 0. The summed E-state index contributed by atoms with van der Waals surface area (Å²) in [6, 6.07) is 0. The van der Waals surface area contributed by atoms with Crippen molar-refractivity contribution in [3.05, 3.63) is 0 Å². The molecule has 0 atom stereocenters. The second-order valence-electron chi connectivity index (χ2n) is 0.303. The van der Waals surface area contributed by atoms with Crippen molar-refractivity contribution in [3.63, 3.8) is 0 Å². The van der Waals surface area contributed by atoms with Crippen LogP contribution in [0.2, 0.25) is 0 Å². The molecule has 23 valence electrons. The predicted molar refractivity (Wildman–Crippen MR) is 3.32 cm³/mol. The Balaban J connectivity index is 2.32. The van der Waals surface area contributed by atoms with E-state index < -0.39 is 24.6 Å². The van der Waals surface area contributed by atoms with Gasteiger partial charge in [0.1, 0.15) is 0 Å². The first-order valence-electron chi connectivity index (χ1n) is 0.802. The van der Waals surface area contributed by atoms with Crippen LogP contribution in [0.3, 0.4) is 0 Å². The van der Waals surface area contributed by atoms with Crippen molar-refractivity contribution < 1.29 is 32.1 Å². The zero-order chi connectivity index (χ0) is 3.58. The zero-order valence-corrected chi connectivity index (χ0v) is 5.88. The molecule has 0 aromatic heterocycles. The molecule has 4 heavy (non-hydrogen) atoms. The van der Waals surface area contributed by atoms with Crippen LogP contribution in [-0.2, 0) is 24.6 Å². The number of halogens is 3. The van der Waals surface area contributed by atoms with Crippen molar-refractivity contribution >= 4 is 0 Å². The second kappa shape index (κ2) is 1.98. The quantitative estimate of drug-likeness (QED) is 0.479. The van der Waals surface area contributed by atoms with E-state index in [1.54, 1.807) is 0 Å². The SMILES string of the molecule is [F][Cd]([F])[F]. The van der Waals surface area contributed by atoms with Crippen LogP contribution in [0.15, 0.2) is 0 Å². The molecule has 0 saturated carbocycles. The van der Waals surface area contributed by atoms with Gasteiger partial charge in [0, 0.05) is 0 Å². The van der Waals surface area contributed by atoms with Gasteiger partial charge in [0.25, 0.3) is 0 Å². The van der Waals surface area contributed by atoms with E-state index in [-0.39, 0.29) is 0 Å². The van der Waals surface area contributed by atoms with Crippen molar-refractivity contribution in [3.8, 4) is 0 Å². The van der Waals surface area contributed by atoms with Gasteiger partial charge < -0.3 is 0 Å². The normalized spacial score (nSPS) is 6.75. The fourth-order valence-corrected chi connectivity index (χ4v) is 0. The molecule has 0 N–H and O–H groups in total. The van der Waals surface area contributed by atoms with E-state index in [1.165, 1.54) is 0 Å². The van der Waals surface area contributed by atoms with Crippen molar-refractivity contribution in [1.29, 1.82) is 0 Å². The first kappa shape index (κ1) is 4.71. The van der Waals surface area contributed by atoms with Crippen molar-refractivity contribution in [2.45, 2.75) is 0 Å². The summed E-state index contributed by atoms with van der Waals surface area (Å²) in [5.74, 6) is 0. The molecule has 0 aromatic carbocycles. The summed E-state index contributed by atoms with van der Waals surface area (Å²) < 4.78 is 29.7. The molecule has 0 aliphatic heterocycles. The molecule has 0 nitrogen and oxygen atoms in total. The third-order valence-corrected chi connectivity index (χ3v) is 0. The van der Waals surface area contributed by atoms with Crippen LogP contribution in [0.25, 0.3) is 0 Å². The zero-order valence-electron chi connectivity index (χ0n) is 1.84. The van der Waals surface area contributed by atoms with E-state index >= 15 is 0 Å². The van der Waals surface area contributed by atoms with E-state index in [4.69, 9.17) is 0 Å². The molecule has 0 amide bonds. The van der Waals surface area contributed by atoms with Crippen LogP contribution in [0, 0.1) is 0 Å². The molecular formula is CdF3. The van der Waals surface area contributed by atoms with Crippen molar-refractivity contribution in [2.24, 2.45) is 0 Å². The molecule has 0 unspecified atom stereocenters. The van der Waals surface area contributed by atoms with Crippen LogP contribution in [0.4, 0.5) is 7.53 Å². The molecule has 0 bridgehead atoms. The molecular weight excluding hydrogens is 169 g/mol. The van der Waals surface area contributed by atoms with E-state index in [1.807, 2.05) is 0 Å². The van der Waals surface area contributed by atoms with Gasteiger partial charge in [0.15, 0.2) is 0 Å². The first-order valence-corrected chi connectivity index (χ1v) is 5.38. The monoisotopic (exact) mass is 171 g/mol. The first-order chi connectivity index (χ1) is 1.73. The van der Waals surface area contributed by atoms with E-state index in [0.29, 0.717) is 0 Å². The van der Waals surface area contributed by atoms with Crippen LogP contribution in [0.1, 0.15) is 0 Å². The molecule has 0 aliphatic carbocycles. The third-order valence-electron chi connectivity index (χ3n) is 0. The Morgan fingerprint density at radius 3 is 1.00 bits per heavy atom. The summed E-state index contributed by atoms with van der Waals surface area (Å²) >= 11 is -5.23. The Hall–Kier alpha value is 0.712. The molecule has 0 aromatic rings. The molecule has 0 radical (unpaired) electrons. The number of rotatable bonds is 0. The Kier molecular flexibility index (Phi) is 2.33. The molecule has 0 spiro atoms. The third kappa shape index (κ3) is 15.7. The summed E-state index contributed by atoms with van der Waals surface area (Å²) in [5, 5.41) is 0. The Labute approximate surface area is 32.5 Å². The van der Waals surface area contributed by atoms with Gasteiger partial charge in [0.05, 0.1) is 0 Å². The molecule has 4 heteroatoms. The van der Waals surface area contributed by atoms with Gasteiger partial charge in [0.2, 0.25) is 0 Å². The minimum atomic E-state index is -5.23. The number of hydrogen-bond donors (Lipinski definition) is 0. The fraction of sp³-hybridized carbons (Fsp3) is 0. The average Bonchev–Trinajstić information content (AvgIpc) is 0.811. The molecule has 0 aliphatic rings. The standard InChI is InChI=1S/Cd.3FH/h;3*1H/q+3;;;/p-3. The summed E-state index contributed by atoms with van der Waals surface area (Å²) in [7, 11) is 0. The van der Waals surface area contributed by atoms with Gasteiger partial charge in [-0.15, -0.1) is 0 Å². The molecule has 0 fully saturated rings. The summed E-state index contributed by atoms with van der Waals surface area (Å²) in [6.07, 6.45) is 0.